The van der Waals surface area contributed by atoms with E-state index in [9.17, 15) is 0 Å². The Morgan fingerprint density at radius 3 is 1.95 bits per heavy atom. The Balaban J connectivity index is 3.04. The number of aliphatic imine (C=N–C) groups is 1. The quantitative estimate of drug-likeness (QED) is 0.551. The fourth-order valence-corrected chi connectivity index (χ4v) is 2.64. The van der Waals surface area contributed by atoms with E-state index >= 15 is 0 Å². The summed E-state index contributed by atoms with van der Waals surface area (Å²) in [4.78, 5) is 4.83. The van der Waals surface area contributed by atoms with Crippen LogP contribution in [0.5, 0.6) is 0 Å². The van der Waals surface area contributed by atoms with Gasteiger partial charge in [0.25, 0.3) is 0 Å². The summed E-state index contributed by atoms with van der Waals surface area (Å²) < 4.78 is 0. The van der Waals surface area contributed by atoms with Crippen LogP contribution < -0.4 is 0 Å². The minimum atomic E-state index is 0.133. The number of hydrogen-bond donors (Lipinski definition) is 0. The number of rotatable bonds is 5. The third-order valence-corrected chi connectivity index (χ3v) is 5.22. The zero-order valence-electron chi connectivity index (χ0n) is 15.7. The lowest BCUT2D eigenvalue weighted by Gasteiger charge is -2.33. The van der Waals surface area contributed by atoms with Crippen molar-refractivity contribution in [2.24, 2.45) is 16.3 Å². The van der Waals surface area contributed by atoms with Crippen LogP contribution in [0.25, 0.3) is 5.70 Å². The molecule has 0 N–H and O–H groups in total. The molecule has 0 saturated heterocycles. The summed E-state index contributed by atoms with van der Waals surface area (Å²) in [5.74, 6) is 0.567. The first kappa shape index (κ1) is 18.7. The molecule has 0 aromatic heterocycles. The molecule has 0 heterocycles. The van der Waals surface area contributed by atoms with Gasteiger partial charge in [-0.15, -0.1) is 0 Å². The van der Waals surface area contributed by atoms with Gasteiger partial charge in [0.05, 0.1) is 5.70 Å². The van der Waals surface area contributed by atoms with Gasteiger partial charge in [-0.05, 0) is 35.8 Å². The van der Waals surface area contributed by atoms with Crippen molar-refractivity contribution in [3.8, 4) is 0 Å². The first-order valence-corrected chi connectivity index (χ1v) is 8.38. The van der Waals surface area contributed by atoms with E-state index in [-0.39, 0.29) is 10.8 Å². The van der Waals surface area contributed by atoms with Crippen LogP contribution in [0.3, 0.4) is 0 Å². The lowest BCUT2D eigenvalue weighted by molar-refractivity contribution is 0.316. The molecular formula is C21H33N. The van der Waals surface area contributed by atoms with Gasteiger partial charge in [0.1, 0.15) is 0 Å². The van der Waals surface area contributed by atoms with Gasteiger partial charge in [-0.1, -0.05) is 79.3 Å². The fourth-order valence-electron chi connectivity index (χ4n) is 2.64. The molecule has 0 amide bonds. The van der Waals surface area contributed by atoms with E-state index < -0.39 is 0 Å². The number of benzene rings is 1. The van der Waals surface area contributed by atoms with Crippen LogP contribution in [0.15, 0.2) is 35.8 Å². The summed E-state index contributed by atoms with van der Waals surface area (Å²) in [6, 6.07) is 8.65. The predicted octanol–water partition coefficient (Wildman–Crippen LogP) is 6.49. The van der Waals surface area contributed by atoms with Crippen molar-refractivity contribution in [1.29, 1.82) is 0 Å². The van der Waals surface area contributed by atoms with Crippen LogP contribution in [-0.2, 0) is 5.41 Å². The molecule has 1 heteroatoms. The van der Waals surface area contributed by atoms with Crippen LogP contribution in [0, 0.1) is 11.3 Å². The third-order valence-electron chi connectivity index (χ3n) is 5.22. The summed E-state index contributed by atoms with van der Waals surface area (Å²) in [7, 11) is 0. The van der Waals surface area contributed by atoms with Gasteiger partial charge >= 0.3 is 0 Å². The van der Waals surface area contributed by atoms with Gasteiger partial charge in [0.15, 0.2) is 0 Å². The normalized spacial score (nSPS) is 15.8. The second-order valence-electron chi connectivity index (χ2n) is 7.90. The van der Waals surface area contributed by atoms with Crippen LogP contribution in [0.1, 0.15) is 72.9 Å². The molecule has 22 heavy (non-hydrogen) atoms. The molecule has 0 radical (unpaired) electrons. The Kier molecular flexibility index (Phi) is 5.78. The molecule has 1 atom stereocenters. The molecular weight excluding hydrogens is 266 g/mol. The summed E-state index contributed by atoms with van der Waals surface area (Å²) in [5, 5.41) is 0. The largest absolute Gasteiger partial charge is 0.258 e. The maximum atomic E-state index is 4.83. The minimum absolute atomic E-state index is 0.133. The summed E-state index contributed by atoms with van der Waals surface area (Å²) in [6.45, 7) is 22.1. The smallest absolute Gasteiger partial charge is 0.0629 e. The van der Waals surface area contributed by atoms with Gasteiger partial charge in [-0.3, -0.25) is 4.99 Å². The minimum Gasteiger partial charge on any atom is -0.258 e. The standard InChI is InChI=1S/C21H33N/c1-10-21(9,15(2)3)17(5)22-16(4)18-11-13-19(14-12-18)20(6,7)8/h11-15H,4,10H2,1-3,5-9H3/b22-17+. The van der Waals surface area contributed by atoms with Gasteiger partial charge in [-0.25, -0.2) is 0 Å². The van der Waals surface area contributed by atoms with Crippen LogP contribution in [-0.4, -0.2) is 5.71 Å². The van der Waals surface area contributed by atoms with Gasteiger partial charge < -0.3 is 0 Å². The van der Waals surface area contributed by atoms with Crippen LogP contribution in [0.4, 0.5) is 0 Å². The molecule has 1 nitrogen and oxygen atoms in total. The maximum Gasteiger partial charge on any atom is 0.0629 e. The Hall–Kier alpha value is -1.37. The summed E-state index contributed by atoms with van der Waals surface area (Å²) in [6.07, 6.45) is 1.09. The lowest BCUT2D eigenvalue weighted by Crippen LogP contribution is -2.30. The highest BCUT2D eigenvalue weighted by Crippen LogP contribution is 2.34. The molecule has 0 fully saturated rings. The molecule has 1 aromatic carbocycles. The van der Waals surface area contributed by atoms with E-state index in [0.29, 0.717) is 5.92 Å². The van der Waals surface area contributed by atoms with E-state index in [4.69, 9.17) is 4.99 Å². The topological polar surface area (TPSA) is 12.4 Å². The monoisotopic (exact) mass is 299 g/mol. The molecule has 1 unspecified atom stereocenters. The van der Waals surface area contributed by atoms with Gasteiger partial charge in [-0.2, -0.15) is 0 Å². The Morgan fingerprint density at radius 1 is 1.09 bits per heavy atom. The highest BCUT2D eigenvalue weighted by molar-refractivity contribution is 5.92. The maximum absolute atomic E-state index is 4.83. The molecule has 0 bridgehead atoms. The van der Waals surface area contributed by atoms with Crippen molar-refractivity contribution in [2.75, 3.05) is 0 Å². The average Bonchev–Trinajstić information content (AvgIpc) is 2.45. The zero-order chi connectivity index (χ0) is 17.1. The molecule has 1 aromatic rings. The van der Waals surface area contributed by atoms with Crippen LogP contribution >= 0.6 is 0 Å². The van der Waals surface area contributed by atoms with Crippen molar-refractivity contribution < 1.29 is 0 Å². The highest BCUT2D eigenvalue weighted by atomic mass is 14.8. The van der Waals surface area contributed by atoms with Crippen molar-refractivity contribution >= 4 is 11.4 Å². The van der Waals surface area contributed by atoms with Gasteiger partial charge in [0.2, 0.25) is 0 Å². The van der Waals surface area contributed by atoms with E-state index in [1.54, 1.807) is 0 Å². The van der Waals surface area contributed by atoms with E-state index in [0.717, 1.165) is 17.7 Å². The Morgan fingerprint density at radius 2 is 1.59 bits per heavy atom. The molecule has 0 aliphatic carbocycles. The number of hydrogen-bond acceptors (Lipinski definition) is 1. The van der Waals surface area contributed by atoms with Crippen molar-refractivity contribution in [3.63, 3.8) is 0 Å². The first-order valence-electron chi connectivity index (χ1n) is 8.38. The van der Waals surface area contributed by atoms with E-state index in [1.807, 2.05) is 0 Å². The van der Waals surface area contributed by atoms with E-state index in [2.05, 4.69) is 86.2 Å². The second-order valence-corrected chi connectivity index (χ2v) is 7.90. The lowest BCUT2D eigenvalue weighted by atomic mass is 9.73. The van der Waals surface area contributed by atoms with Crippen molar-refractivity contribution in [2.45, 2.75) is 67.2 Å². The summed E-state index contributed by atoms with van der Waals surface area (Å²) >= 11 is 0. The third kappa shape index (κ3) is 4.09. The van der Waals surface area contributed by atoms with E-state index in [1.165, 1.54) is 11.3 Å². The Bertz CT molecular complexity index is 540. The molecule has 0 spiro atoms. The first-order chi connectivity index (χ1) is 10.0. The molecule has 0 saturated carbocycles. The second kappa shape index (κ2) is 6.81. The van der Waals surface area contributed by atoms with Crippen molar-refractivity contribution in [1.82, 2.24) is 0 Å². The highest BCUT2D eigenvalue weighted by Gasteiger charge is 2.29. The van der Waals surface area contributed by atoms with Crippen LogP contribution in [0.2, 0.25) is 0 Å². The fraction of sp³-hybridized carbons (Fsp3) is 0.571. The molecule has 0 aliphatic heterocycles. The predicted molar refractivity (Wildman–Crippen MR) is 101 cm³/mol. The van der Waals surface area contributed by atoms with Gasteiger partial charge in [0, 0.05) is 11.1 Å². The zero-order valence-corrected chi connectivity index (χ0v) is 15.7. The number of nitrogens with zero attached hydrogens (tertiary/aromatic N) is 1. The molecule has 0 aliphatic rings. The SMILES string of the molecule is C=C(/N=C(\C)C(C)(CC)C(C)C)c1ccc(C(C)(C)C)cc1. The molecule has 1 rings (SSSR count). The average molecular weight is 300 g/mol. The Labute approximate surface area is 137 Å². The molecule has 122 valence electrons. The summed E-state index contributed by atoms with van der Waals surface area (Å²) in [5.41, 5.74) is 4.79. The van der Waals surface area contributed by atoms with Crippen molar-refractivity contribution in [3.05, 3.63) is 42.0 Å².